The Kier molecular flexibility index (Phi) is 4.42. The van der Waals surface area contributed by atoms with Gasteiger partial charge in [0.25, 0.3) is 5.91 Å². The van der Waals surface area contributed by atoms with Crippen LogP contribution in [0.4, 0.5) is 0 Å². The molecule has 6 nitrogen and oxygen atoms in total. The van der Waals surface area contributed by atoms with Crippen molar-refractivity contribution in [1.29, 1.82) is 0 Å². The first-order valence-corrected chi connectivity index (χ1v) is 10.6. The first-order valence-electron chi connectivity index (χ1n) is 10.6. The minimum Gasteiger partial charge on any atom is -0.497 e. The van der Waals surface area contributed by atoms with Crippen LogP contribution in [0.5, 0.6) is 5.75 Å². The summed E-state index contributed by atoms with van der Waals surface area (Å²) in [6.45, 7) is 3.43. The van der Waals surface area contributed by atoms with Gasteiger partial charge in [-0.2, -0.15) is 0 Å². The number of aromatic nitrogens is 1. The van der Waals surface area contributed by atoms with Crippen LogP contribution in [0, 0.1) is 17.8 Å². The lowest BCUT2D eigenvalue weighted by Crippen LogP contribution is -2.37. The van der Waals surface area contributed by atoms with Gasteiger partial charge in [-0.3, -0.25) is 4.79 Å². The lowest BCUT2D eigenvalue weighted by atomic mass is 9.82. The Morgan fingerprint density at radius 1 is 1.34 bits per heavy atom. The maximum atomic E-state index is 13.3. The topological polar surface area (TPSA) is 75.8 Å². The monoisotopic (exact) mass is 396 g/mol. The smallest absolute Gasteiger partial charge is 0.276 e. The largest absolute Gasteiger partial charge is 0.497 e. The van der Waals surface area contributed by atoms with Crippen LogP contribution in [0.3, 0.4) is 0 Å². The van der Waals surface area contributed by atoms with Gasteiger partial charge in [0.15, 0.2) is 5.69 Å². The summed E-state index contributed by atoms with van der Waals surface area (Å²) in [5.41, 5.74) is 1.43. The van der Waals surface area contributed by atoms with Gasteiger partial charge in [-0.15, -0.1) is 0 Å². The molecule has 2 heterocycles. The maximum absolute atomic E-state index is 13.3. The number of benzene rings is 1. The fourth-order valence-electron chi connectivity index (χ4n) is 5.61. The summed E-state index contributed by atoms with van der Waals surface area (Å²) in [6.07, 6.45) is 4.42. The molecule has 0 spiro atoms. The van der Waals surface area contributed by atoms with Gasteiger partial charge in [0.05, 0.1) is 12.7 Å². The molecule has 1 aliphatic heterocycles. The number of likely N-dealkylation sites (tertiary alicyclic amines) is 1. The number of rotatable bonds is 3. The highest BCUT2D eigenvalue weighted by Gasteiger charge is 2.53. The SMILES string of the molecule is COc1cccc([C@@]2(O)CC[C@@H]3CN(C(=O)c4noc5c4CC(C)CC5)C[C@@H]32)c1. The summed E-state index contributed by atoms with van der Waals surface area (Å²) >= 11 is 0. The molecule has 1 amide bonds. The highest BCUT2D eigenvalue weighted by Crippen LogP contribution is 2.51. The van der Waals surface area contributed by atoms with Crippen LogP contribution in [0.15, 0.2) is 28.8 Å². The average Bonchev–Trinajstić information content (AvgIpc) is 3.42. The predicted octanol–water partition coefficient (Wildman–Crippen LogP) is 3.18. The Morgan fingerprint density at radius 2 is 2.21 bits per heavy atom. The van der Waals surface area contributed by atoms with Crippen LogP contribution in [-0.2, 0) is 18.4 Å². The van der Waals surface area contributed by atoms with E-state index >= 15 is 0 Å². The Bertz CT molecular complexity index is 939. The maximum Gasteiger partial charge on any atom is 0.276 e. The quantitative estimate of drug-likeness (QED) is 0.862. The molecule has 3 aliphatic rings. The van der Waals surface area contributed by atoms with E-state index in [-0.39, 0.29) is 11.8 Å². The van der Waals surface area contributed by atoms with Crippen molar-refractivity contribution in [2.45, 2.75) is 44.6 Å². The van der Waals surface area contributed by atoms with Crippen LogP contribution < -0.4 is 4.74 Å². The van der Waals surface area contributed by atoms with Crippen molar-refractivity contribution in [3.63, 3.8) is 0 Å². The molecule has 1 saturated carbocycles. The number of hydrogen-bond acceptors (Lipinski definition) is 5. The summed E-state index contributed by atoms with van der Waals surface area (Å²) in [5.74, 6) is 2.44. The number of aliphatic hydroxyl groups is 1. The van der Waals surface area contributed by atoms with Gasteiger partial charge in [0.2, 0.25) is 0 Å². The fraction of sp³-hybridized carbons (Fsp3) is 0.565. The molecular weight excluding hydrogens is 368 g/mol. The summed E-state index contributed by atoms with van der Waals surface area (Å²) in [7, 11) is 1.63. The van der Waals surface area contributed by atoms with Crippen molar-refractivity contribution in [3.05, 3.63) is 46.8 Å². The van der Waals surface area contributed by atoms with Crippen molar-refractivity contribution in [1.82, 2.24) is 10.1 Å². The summed E-state index contributed by atoms with van der Waals surface area (Å²) in [5, 5.41) is 15.7. The lowest BCUT2D eigenvalue weighted by molar-refractivity contribution is -0.00609. The van der Waals surface area contributed by atoms with Crippen LogP contribution in [0.2, 0.25) is 0 Å². The Hall–Kier alpha value is -2.34. The minimum absolute atomic E-state index is 0.0280. The third-order valence-corrected chi connectivity index (χ3v) is 7.30. The van der Waals surface area contributed by atoms with E-state index in [0.29, 0.717) is 37.0 Å². The molecule has 29 heavy (non-hydrogen) atoms. The third kappa shape index (κ3) is 2.96. The van der Waals surface area contributed by atoms with Gasteiger partial charge in [0, 0.05) is 31.0 Å². The number of carbonyl (C=O) groups excluding carboxylic acids is 1. The van der Waals surface area contributed by atoms with Gasteiger partial charge in [-0.25, -0.2) is 0 Å². The number of hydrogen-bond donors (Lipinski definition) is 1. The van der Waals surface area contributed by atoms with E-state index < -0.39 is 5.60 Å². The van der Waals surface area contributed by atoms with Crippen LogP contribution >= 0.6 is 0 Å². The molecule has 2 aliphatic carbocycles. The molecule has 1 aromatic heterocycles. The molecule has 0 radical (unpaired) electrons. The molecule has 1 saturated heterocycles. The zero-order valence-electron chi connectivity index (χ0n) is 17.1. The summed E-state index contributed by atoms with van der Waals surface area (Å²) in [4.78, 5) is 15.1. The molecule has 2 fully saturated rings. The molecule has 0 bridgehead atoms. The van der Waals surface area contributed by atoms with Gasteiger partial charge in [-0.1, -0.05) is 24.2 Å². The van der Waals surface area contributed by atoms with E-state index in [2.05, 4.69) is 12.1 Å². The van der Waals surface area contributed by atoms with Gasteiger partial charge < -0.3 is 19.3 Å². The molecule has 154 valence electrons. The Labute approximate surface area is 170 Å². The second kappa shape index (κ2) is 6.87. The van der Waals surface area contributed by atoms with Gasteiger partial charge in [-0.05, 0) is 55.2 Å². The average molecular weight is 396 g/mol. The number of ether oxygens (including phenoxy) is 1. The van der Waals surface area contributed by atoms with E-state index in [1.165, 1.54) is 0 Å². The van der Waals surface area contributed by atoms with Crippen molar-refractivity contribution >= 4 is 5.91 Å². The second-order valence-corrected chi connectivity index (χ2v) is 9.05. The van der Waals surface area contributed by atoms with E-state index in [4.69, 9.17) is 9.26 Å². The summed E-state index contributed by atoms with van der Waals surface area (Å²) < 4.78 is 10.8. The van der Waals surface area contributed by atoms with E-state index in [1.807, 2.05) is 29.2 Å². The Morgan fingerprint density at radius 3 is 3.03 bits per heavy atom. The van der Waals surface area contributed by atoms with Crippen molar-refractivity contribution in [2.75, 3.05) is 20.2 Å². The lowest BCUT2D eigenvalue weighted by Gasteiger charge is -2.31. The number of methoxy groups -OCH3 is 1. The first-order chi connectivity index (χ1) is 14.0. The first kappa shape index (κ1) is 18.7. The van der Waals surface area contributed by atoms with Crippen molar-refractivity contribution in [3.8, 4) is 5.75 Å². The molecule has 1 N–H and O–H groups in total. The van der Waals surface area contributed by atoms with Crippen molar-refractivity contribution in [2.24, 2.45) is 17.8 Å². The zero-order chi connectivity index (χ0) is 20.2. The number of aryl methyl sites for hydroxylation is 1. The van der Waals surface area contributed by atoms with Crippen molar-refractivity contribution < 1.29 is 19.2 Å². The van der Waals surface area contributed by atoms with Crippen LogP contribution in [0.25, 0.3) is 0 Å². The van der Waals surface area contributed by atoms with Gasteiger partial charge >= 0.3 is 0 Å². The number of carbonyl (C=O) groups is 1. The molecule has 5 rings (SSSR count). The van der Waals surface area contributed by atoms with Gasteiger partial charge in [0.1, 0.15) is 11.5 Å². The van der Waals surface area contributed by atoms with E-state index in [9.17, 15) is 9.90 Å². The third-order valence-electron chi connectivity index (χ3n) is 7.30. The number of amides is 1. The van der Waals surface area contributed by atoms with E-state index in [1.54, 1.807) is 7.11 Å². The summed E-state index contributed by atoms with van der Waals surface area (Å²) in [6, 6.07) is 7.69. The second-order valence-electron chi connectivity index (χ2n) is 9.05. The minimum atomic E-state index is -0.925. The molecular formula is C23H28N2O4. The predicted molar refractivity (Wildman–Crippen MR) is 107 cm³/mol. The molecule has 2 aromatic rings. The van der Waals surface area contributed by atoms with Crippen LogP contribution in [0.1, 0.15) is 53.6 Å². The fourth-order valence-corrected chi connectivity index (χ4v) is 5.61. The van der Waals surface area contributed by atoms with Crippen LogP contribution in [-0.4, -0.2) is 41.3 Å². The molecule has 1 aromatic carbocycles. The normalized spacial score (nSPS) is 30.9. The number of nitrogens with zero attached hydrogens (tertiary/aromatic N) is 2. The standard InChI is InChI=1S/C23H28N2O4/c1-14-6-7-20-18(10-14)21(24-29-20)22(26)25-12-15-8-9-23(27,19(15)13-25)16-4-3-5-17(11-16)28-2/h3-5,11,14-15,19,27H,6-10,12-13H2,1-2H3/t14?,15-,19+,23+/m1/s1. The zero-order valence-corrected chi connectivity index (χ0v) is 17.1. The molecule has 4 atom stereocenters. The Balaban J connectivity index is 1.38. The van der Waals surface area contributed by atoms with E-state index in [0.717, 1.165) is 48.3 Å². The highest BCUT2D eigenvalue weighted by atomic mass is 16.5. The molecule has 1 unspecified atom stereocenters. The highest BCUT2D eigenvalue weighted by molar-refractivity contribution is 5.94. The molecule has 6 heteroatoms. The number of fused-ring (bicyclic) bond motifs is 2.